The number of benzene rings is 2. The maximum absolute atomic E-state index is 5.95. The van der Waals surface area contributed by atoms with Crippen molar-refractivity contribution in [3.63, 3.8) is 0 Å². The lowest BCUT2D eigenvalue weighted by Gasteiger charge is -2.07. The van der Waals surface area contributed by atoms with Crippen molar-refractivity contribution in [1.29, 1.82) is 0 Å². The molecule has 0 aliphatic heterocycles. The fraction of sp³-hybridized carbons (Fsp3) is 0. The van der Waals surface area contributed by atoms with Gasteiger partial charge >= 0.3 is 0 Å². The average molecular weight is 315 g/mol. The van der Waals surface area contributed by atoms with Gasteiger partial charge in [0.1, 0.15) is 5.82 Å². The van der Waals surface area contributed by atoms with E-state index in [1.54, 1.807) is 0 Å². The molecule has 0 amide bonds. The lowest BCUT2D eigenvalue weighted by Crippen LogP contribution is -2.01. The molecule has 3 aromatic rings. The molecule has 3 N–H and O–H groups in total. The van der Waals surface area contributed by atoms with Crippen molar-refractivity contribution >= 4 is 44.3 Å². The van der Waals surface area contributed by atoms with Crippen molar-refractivity contribution in [2.24, 2.45) is 0 Å². The molecular formula is C14H11BrN4. The number of fused-ring (bicyclic) bond motifs is 1. The third-order valence-corrected chi connectivity index (χ3v) is 3.21. The van der Waals surface area contributed by atoms with Gasteiger partial charge in [0, 0.05) is 15.5 Å². The Morgan fingerprint density at radius 1 is 1.00 bits per heavy atom. The van der Waals surface area contributed by atoms with Crippen LogP contribution in [-0.2, 0) is 0 Å². The molecule has 4 nitrogen and oxygen atoms in total. The van der Waals surface area contributed by atoms with E-state index in [-0.39, 0.29) is 0 Å². The predicted octanol–water partition coefficient (Wildman–Crippen LogP) is 3.72. The fourth-order valence-electron chi connectivity index (χ4n) is 1.83. The maximum Gasteiger partial charge on any atom is 0.229 e. The molecule has 0 atom stereocenters. The second-order valence-corrected chi connectivity index (χ2v) is 5.00. The zero-order valence-electron chi connectivity index (χ0n) is 9.97. The second-order valence-electron chi connectivity index (χ2n) is 4.08. The summed E-state index contributed by atoms with van der Waals surface area (Å²) in [7, 11) is 0. The van der Waals surface area contributed by atoms with Crippen LogP contribution in [0.2, 0.25) is 0 Å². The Labute approximate surface area is 118 Å². The van der Waals surface area contributed by atoms with Crippen LogP contribution in [-0.4, -0.2) is 9.97 Å². The van der Waals surface area contributed by atoms with Crippen molar-refractivity contribution in [3.8, 4) is 0 Å². The second kappa shape index (κ2) is 4.85. The standard InChI is InChI=1S/C14H11BrN4/c15-9-6-7-11-12(8-9)18-14(19-13(11)16)17-10-4-2-1-3-5-10/h1-8H,(H3,16,17,18,19). The van der Waals surface area contributed by atoms with Crippen molar-refractivity contribution < 1.29 is 0 Å². The number of anilines is 3. The molecule has 0 spiro atoms. The van der Waals surface area contributed by atoms with Crippen LogP contribution in [0.1, 0.15) is 0 Å². The van der Waals surface area contributed by atoms with E-state index in [1.165, 1.54) is 0 Å². The van der Waals surface area contributed by atoms with Crippen molar-refractivity contribution in [2.75, 3.05) is 11.1 Å². The number of aromatic nitrogens is 2. The minimum atomic E-state index is 0.468. The third kappa shape index (κ3) is 2.51. The highest BCUT2D eigenvalue weighted by molar-refractivity contribution is 9.10. The maximum atomic E-state index is 5.95. The first-order chi connectivity index (χ1) is 9.22. The summed E-state index contributed by atoms with van der Waals surface area (Å²) in [6.45, 7) is 0. The molecule has 0 saturated heterocycles. The molecule has 0 unspecified atom stereocenters. The van der Waals surface area contributed by atoms with E-state index < -0.39 is 0 Å². The Balaban J connectivity index is 2.05. The van der Waals surface area contributed by atoms with Crippen LogP contribution < -0.4 is 11.1 Å². The molecule has 5 heteroatoms. The zero-order chi connectivity index (χ0) is 13.2. The SMILES string of the molecule is Nc1nc(Nc2ccccc2)nc2cc(Br)ccc12. The first kappa shape index (κ1) is 11.9. The van der Waals surface area contributed by atoms with Gasteiger partial charge in [-0.25, -0.2) is 4.98 Å². The van der Waals surface area contributed by atoms with Crippen LogP contribution in [0, 0.1) is 0 Å². The fourth-order valence-corrected chi connectivity index (χ4v) is 2.18. The van der Waals surface area contributed by atoms with E-state index in [1.807, 2.05) is 48.5 Å². The summed E-state index contributed by atoms with van der Waals surface area (Å²) in [5, 5.41) is 3.99. The number of para-hydroxylation sites is 1. The van der Waals surface area contributed by atoms with Gasteiger partial charge in [0.15, 0.2) is 0 Å². The molecule has 0 bridgehead atoms. The first-order valence-electron chi connectivity index (χ1n) is 5.77. The van der Waals surface area contributed by atoms with Crippen molar-refractivity contribution in [2.45, 2.75) is 0 Å². The van der Waals surface area contributed by atoms with Crippen molar-refractivity contribution in [3.05, 3.63) is 53.0 Å². The smallest absolute Gasteiger partial charge is 0.229 e. The minimum absolute atomic E-state index is 0.468. The highest BCUT2D eigenvalue weighted by Crippen LogP contribution is 2.24. The number of nitrogens with zero attached hydrogens (tertiary/aromatic N) is 2. The number of nitrogen functional groups attached to an aromatic ring is 1. The number of hydrogen-bond acceptors (Lipinski definition) is 4. The normalized spacial score (nSPS) is 10.6. The number of nitrogens with two attached hydrogens (primary N) is 1. The largest absolute Gasteiger partial charge is 0.383 e. The van der Waals surface area contributed by atoms with E-state index >= 15 is 0 Å². The van der Waals surface area contributed by atoms with Crippen LogP contribution in [0.25, 0.3) is 10.9 Å². The minimum Gasteiger partial charge on any atom is -0.383 e. The summed E-state index contributed by atoms with van der Waals surface area (Å²) < 4.78 is 0.962. The monoisotopic (exact) mass is 314 g/mol. The summed E-state index contributed by atoms with van der Waals surface area (Å²) >= 11 is 3.43. The molecule has 0 fully saturated rings. The van der Waals surface area contributed by atoms with Gasteiger partial charge in [-0.1, -0.05) is 34.1 Å². The van der Waals surface area contributed by atoms with Gasteiger partial charge in [-0.15, -0.1) is 0 Å². The number of halogens is 1. The summed E-state index contributed by atoms with van der Waals surface area (Å²) in [4.78, 5) is 8.73. The Morgan fingerprint density at radius 2 is 1.79 bits per heavy atom. The van der Waals surface area contributed by atoms with Gasteiger partial charge in [-0.3, -0.25) is 0 Å². The molecule has 3 rings (SSSR count). The molecule has 1 aromatic heterocycles. The lowest BCUT2D eigenvalue weighted by atomic mass is 10.2. The molecule has 0 aliphatic rings. The zero-order valence-corrected chi connectivity index (χ0v) is 11.6. The number of hydrogen-bond donors (Lipinski definition) is 2. The number of nitrogens with one attached hydrogen (secondary N) is 1. The van der Waals surface area contributed by atoms with Gasteiger partial charge in [0.05, 0.1) is 5.52 Å². The Bertz CT molecular complexity index is 728. The van der Waals surface area contributed by atoms with Crippen LogP contribution >= 0.6 is 15.9 Å². The van der Waals surface area contributed by atoms with Crippen molar-refractivity contribution in [1.82, 2.24) is 9.97 Å². The molecule has 0 radical (unpaired) electrons. The van der Waals surface area contributed by atoms with E-state index in [0.717, 1.165) is 21.1 Å². The Morgan fingerprint density at radius 3 is 2.58 bits per heavy atom. The lowest BCUT2D eigenvalue weighted by molar-refractivity contribution is 1.22. The summed E-state index contributed by atoms with van der Waals surface area (Å²) in [6.07, 6.45) is 0. The van der Waals surface area contributed by atoms with Crippen LogP contribution in [0.3, 0.4) is 0 Å². The van der Waals surface area contributed by atoms with E-state index in [4.69, 9.17) is 5.73 Å². The summed E-state index contributed by atoms with van der Waals surface area (Å²) in [5.41, 5.74) is 7.69. The van der Waals surface area contributed by atoms with E-state index in [9.17, 15) is 0 Å². The molecule has 0 saturated carbocycles. The molecule has 0 aliphatic carbocycles. The predicted molar refractivity (Wildman–Crippen MR) is 81.4 cm³/mol. The van der Waals surface area contributed by atoms with Gasteiger partial charge in [0.25, 0.3) is 0 Å². The first-order valence-corrected chi connectivity index (χ1v) is 6.56. The average Bonchev–Trinajstić information content (AvgIpc) is 2.39. The van der Waals surface area contributed by atoms with E-state index in [0.29, 0.717) is 11.8 Å². The van der Waals surface area contributed by atoms with Gasteiger partial charge in [-0.05, 0) is 30.3 Å². The Kier molecular flexibility index (Phi) is 3.05. The topological polar surface area (TPSA) is 63.8 Å². The van der Waals surface area contributed by atoms with Crippen LogP contribution in [0.5, 0.6) is 0 Å². The molecular weight excluding hydrogens is 304 g/mol. The van der Waals surface area contributed by atoms with Gasteiger partial charge in [-0.2, -0.15) is 4.98 Å². The number of rotatable bonds is 2. The highest BCUT2D eigenvalue weighted by Gasteiger charge is 2.05. The van der Waals surface area contributed by atoms with Gasteiger partial charge in [0.2, 0.25) is 5.95 Å². The summed E-state index contributed by atoms with van der Waals surface area (Å²) in [6, 6.07) is 15.5. The molecule has 2 aromatic carbocycles. The Hall–Kier alpha value is -2.14. The van der Waals surface area contributed by atoms with Gasteiger partial charge < -0.3 is 11.1 Å². The molecule has 1 heterocycles. The highest BCUT2D eigenvalue weighted by atomic mass is 79.9. The molecule has 19 heavy (non-hydrogen) atoms. The quantitative estimate of drug-likeness (QED) is 0.756. The van der Waals surface area contributed by atoms with Crippen LogP contribution in [0.4, 0.5) is 17.5 Å². The van der Waals surface area contributed by atoms with E-state index in [2.05, 4.69) is 31.2 Å². The third-order valence-electron chi connectivity index (χ3n) is 2.72. The molecule has 94 valence electrons. The summed E-state index contributed by atoms with van der Waals surface area (Å²) in [5.74, 6) is 0.963. The van der Waals surface area contributed by atoms with Crippen LogP contribution in [0.15, 0.2) is 53.0 Å².